The van der Waals surface area contributed by atoms with Gasteiger partial charge in [0.15, 0.2) is 0 Å². The lowest BCUT2D eigenvalue weighted by Crippen LogP contribution is -2.03. The van der Waals surface area contributed by atoms with E-state index in [0.717, 1.165) is 12.8 Å². The van der Waals surface area contributed by atoms with Gasteiger partial charge in [0, 0.05) is 6.08 Å². The molecule has 0 atom stereocenters. The van der Waals surface area contributed by atoms with Crippen molar-refractivity contribution in [3.63, 3.8) is 0 Å². The van der Waals surface area contributed by atoms with Gasteiger partial charge in [0.05, 0.1) is 6.61 Å². The average Bonchev–Trinajstić information content (AvgIpc) is 2.36. The lowest BCUT2D eigenvalue weighted by molar-refractivity contribution is -0.137. The third kappa shape index (κ3) is 6.36. The topological polar surface area (TPSA) is 26.3 Å². The molecule has 90 valence electrons. The van der Waals surface area contributed by atoms with Gasteiger partial charge in [0.1, 0.15) is 0 Å². The first-order valence-corrected chi connectivity index (χ1v) is 5.83. The zero-order chi connectivity index (χ0) is 12.3. The Bertz CT molecular complexity index is 377. The Morgan fingerprint density at radius 2 is 2.00 bits per heavy atom. The van der Waals surface area contributed by atoms with Gasteiger partial charge in [-0.1, -0.05) is 48.6 Å². The molecular formula is C15H18O2. The van der Waals surface area contributed by atoms with Gasteiger partial charge in [-0.25, -0.2) is 4.79 Å². The number of carbonyl (C=O) groups is 1. The third-order valence-corrected chi connectivity index (χ3v) is 2.23. The molecule has 2 nitrogen and oxygen atoms in total. The van der Waals surface area contributed by atoms with Gasteiger partial charge in [0.2, 0.25) is 0 Å². The van der Waals surface area contributed by atoms with Gasteiger partial charge in [-0.2, -0.15) is 0 Å². The van der Waals surface area contributed by atoms with E-state index in [9.17, 15) is 4.79 Å². The molecule has 1 rings (SSSR count). The number of allylic oxidation sites excluding steroid dienone is 3. The molecule has 0 heterocycles. The summed E-state index contributed by atoms with van der Waals surface area (Å²) in [5, 5.41) is 0. The van der Waals surface area contributed by atoms with E-state index in [1.165, 1.54) is 11.6 Å². The summed E-state index contributed by atoms with van der Waals surface area (Å²) in [6.45, 7) is 2.36. The molecule has 0 saturated carbocycles. The van der Waals surface area contributed by atoms with E-state index in [1.54, 1.807) is 12.2 Å². The van der Waals surface area contributed by atoms with E-state index in [1.807, 2.05) is 31.2 Å². The lowest BCUT2D eigenvalue weighted by atomic mass is 10.1. The Balaban J connectivity index is 2.14. The summed E-state index contributed by atoms with van der Waals surface area (Å²) < 4.78 is 5.05. The van der Waals surface area contributed by atoms with E-state index < -0.39 is 0 Å². The first-order valence-electron chi connectivity index (χ1n) is 5.83. The Kier molecular flexibility index (Phi) is 6.49. The number of hydrogen-bond acceptors (Lipinski definition) is 2. The molecule has 0 aliphatic heterocycles. The van der Waals surface area contributed by atoms with Gasteiger partial charge in [-0.05, 0) is 25.3 Å². The maximum atomic E-state index is 11.2. The molecule has 1 aromatic rings. The number of benzene rings is 1. The van der Waals surface area contributed by atoms with Crippen molar-refractivity contribution >= 4 is 5.97 Å². The molecule has 17 heavy (non-hydrogen) atoms. The third-order valence-electron chi connectivity index (χ3n) is 2.23. The van der Waals surface area contributed by atoms with E-state index >= 15 is 0 Å². The number of aryl methyl sites for hydroxylation is 1. The molecule has 0 bridgehead atoms. The smallest absolute Gasteiger partial charge is 0.330 e. The second-order valence-corrected chi connectivity index (χ2v) is 3.64. The molecule has 0 amide bonds. The Labute approximate surface area is 103 Å². The van der Waals surface area contributed by atoms with Crippen molar-refractivity contribution in [2.45, 2.75) is 19.8 Å². The molecular weight excluding hydrogens is 212 g/mol. The summed E-state index contributed by atoms with van der Waals surface area (Å²) in [4.78, 5) is 11.2. The largest absolute Gasteiger partial charge is 0.463 e. The van der Waals surface area contributed by atoms with Crippen molar-refractivity contribution in [1.29, 1.82) is 0 Å². The number of esters is 1. The molecule has 0 N–H and O–H groups in total. The second kappa shape index (κ2) is 8.34. The zero-order valence-corrected chi connectivity index (χ0v) is 10.1. The minimum atomic E-state index is -0.281. The molecule has 0 fully saturated rings. The van der Waals surface area contributed by atoms with Crippen LogP contribution in [0.4, 0.5) is 0 Å². The zero-order valence-electron chi connectivity index (χ0n) is 10.1. The van der Waals surface area contributed by atoms with Crippen LogP contribution < -0.4 is 0 Å². The van der Waals surface area contributed by atoms with Crippen LogP contribution in [-0.2, 0) is 16.0 Å². The molecule has 0 saturated heterocycles. The van der Waals surface area contributed by atoms with Crippen molar-refractivity contribution in [2.24, 2.45) is 0 Å². The Hall–Kier alpha value is -1.83. The summed E-state index contributed by atoms with van der Waals surface area (Å²) in [6.07, 6.45) is 8.56. The van der Waals surface area contributed by atoms with Gasteiger partial charge >= 0.3 is 5.97 Å². The van der Waals surface area contributed by atoms with E-state index in [4.69, 9.17) is 4.74 Å². The van der Waals surface area contributed by atoms with Crippen LogP contribution in [0.1, 0.15) is 18.9 Å². The normalized spacial score (nSPS) is 11.1. The summed E-state index contributed by atoms with van der Waals surface area (Å²) in [5.74, 6) is -0.281. The minimum Gasteiger partial charge on any atom is -0.463 e. The van der Waals surface area contributed by atoms with Crippen molar-refractivity contribution in [3.05, 3.63) is 60.2 Å². The van der Waals surface area contributed by atoms with Crippen LogP contribution in [0.25, 0.3) is 0 Å². The van der Waals surface area contributed by atoms with Gasteiger partial charge < -0.3 is 4.74 Å². The number of ether oxygens (including phenoxy) is 1. The number of rotatable bonds is 6. The van der Waals surface area contributed by atoms with Crippen LogP contribution in [0, 0.1) is 0 Å². The average molecular weight is 230 g/mol. The molecule has 0 unspecified atom stereocenters. The van der Waals surface area contributed by atoms with Crippen LogP contribution in [0.2, 0.25) is 0 Å². The highest BCUT2D eigenvalue weighted by Crippen LogP contribution is 2.02. The van der Waals surface area contributed by atoms with Gasteiger partial charge in [0.25, 0.3) is 0 Å². The highest BCUT2D eigenvalue weighted by atomic mass is 16.5. The SMILES string of the molecule is C/C=C/C=C/C(=O)OCCCc1ccccc1. The van der Waals surface area contributed by atoms with Crippen LogP contribution in [-0.4, -0.2) is 12.6 Å². The van der Waals surface area contributed by atoms with Crippen LogP contribution in [0.3, 0.4) is 0 Å². The summed E-state index contributed by atoms with van der Waals surface area (Å²) in [6, 6.07) is 10.2. The molecule has 0 spiro atoms. The van der Waals surface area contributed by atoms with Crippen molar-refractivity contribution in [2.75, 3.05) is 6.61 Å². The quantitative estimate of drug-likeness (QED) is 0.324. The standard InChI is InChI=1S/C15H18O2/c1-2-3-5-12-15(16)17-13-8-11-14-9-6-4-7-10-14/h2-7,9-10,12H,8,11,13H2,1H3/b3-2+,12-5+. The summed E-state index contributed by atoms with van der Waals surface area (Å²) >= 11 is 0. The van der Waals surface area contributed by atoms with Crippen LogP contribution in [0.15, 0.2) is 54.6 Å². The Morgan fingerprint density at radius 1 is 1.24 bits per heavy atom. The van der Waals surface area contributed by atoms with Gasteiger partial charge in [-0.15, -0.1) is 0 Å². The minimum absolute atomic E-state index is 0.281. The molecule has 0 aliphatic carbocycles. The molecule has 2 heteroatoms. The first kappa shape index (κ1) is 13.2. The van der Waals surface area contributed by atoms with Crippen molar-refractivity contribution < 1.29 is 9.53 Å². The maximum absolute atomic E-state index is 11.2. The maximum Gasteiger partial charge on any atom is 0.330 e. The molecule has 0 aliphatic rings. The van der Waals surface area contributed by atoms with Crippen molar-refractivity contribution in [1.82, 2.24) is 0 Å². The number of carbonyl (C=O) groups excluding carboxylic acids is 1. The van der Waals surface area contributed by atoms with Crippen molar-refractivity contribution in [3.8, 4) is 0 Å². The molecule has 1 aromatic carbocycles. The fourth-order valence-electron chi connectivity index (χ4n) is 1.39. The highest BCUT2D eigenvalue weighted by molar-refractivity contribution is 5.82. The van der Waals surface area contributed by atoms with Crippen LogP contribution in [0.5, 0.6) is 0 Å². The van der Waals surface area contributed by atoms with E-state index in [0.29, 0.717) is 6.61 Å². The molecule has 0 radical (unpaired) electrons. The highest BCUT2D eigenvalue weighted by Gasteiger charge is 1.96. The fourth-order valence-corrected chi connectivity index (χ4v) is 1.39. The second-order valence-electron chi connectivity index (χ2n) is 3.64. The molecule has 0 aromatic heterocycles. The first-order chi connectivity index (χ1) is 8.33. The summed E-state index contributed by atoms with van der Waals surface area (Å²) in [5.41, 5.74) is 1.27. The predicted molar refractivity (Wildman–Crippen MR) is 69.7 cm³/mol. The number of hydrogen-bond donors (Lipinski definition) is 0. The van der Waals surface area contributed by atoms with Gasteiger partial charge in [-0.3, -0.25) is 0 Å². The lowest BCUT2D eigenvalue weighted by Gasteiger charge is -2.02. The monoisotopic (exact) mass is 230 g/mol. The fraction of sp³-hybridized carbons (Fsp3) is 0.267. The Morgan fingerprint density at radius 3 is 2.71 bits per heavy atom. The van der Waals surface area contributed by atoms with E-state index in [2.05, 4.69) is 12.1 Å². The summed E-state index contributed by atoms with van der Waals surface area (Å²) in [7, 11) is 0. The van der Waals surface area contributed by atoms with E-state index in [-0.39, 0.29) is 5.97 Å². The predicted octanol–water partition coefficient (Wildman–Crippen LogP) is 3.29. The van der Waals surface area contributed by atoms with Crippen LogP contribution >= 0.6 is 0 Å².